The van der Waals surface area contributed by atoms with Crippen molar-refractivity contribution in [1.29, 1.82) is 0 Å². The van der Waals surface area contributed by atoms with E-state index in [0.29, 0.717) is 48.2 Å². The van der Waals surface area contributed by atoms with Gasteiger partial charge in [-0.2, -0.15) is 0 Å². The Hall–Kier alpha value is -2.24. The molecule has 3 rings (SSSR count). The van der Waals surface area contributed by atoms with E-state index in [9.17, 15) is 9.59 Å². The van der Waals surface area contributed by atoms with Gasteiger partial charge in [0.25, 0.3) is 11.8 Å². The summed E-state index contributed by atoms with van der Waals surface area (Å²) in [5.41, 5.74) is 3.58. The molecular weight excluding hydrogens is 423 g/mol. The number of hydrogen-bond acceptors (Lipinski definition) is 3. The molecule has 0 spiro atoms. The van der Waals surface area contributed by atoms with Crippen LogP contribution in [-0.2, 0) is 4.79 Å². The highest BCUT2D eigenvalue weighted by atomic mass is 35.5. The number of carbonyl (C=O) groups is 2. The molecule has 1 aliphatic rings. The van der Waals surface area contributed by atoms with Crippen molar-refractivity contribution in [3.63, 3.8) is 0 Å². The number of ether oxygens (including phenoxy) is 1. The second-order valence-electron chi connectivity index (χ2n) is 7.59. The third-order valence-electron chi connectivity index (χ3n) is 5.51. The van der Waals surface area contributed by atoms with E-state index < -0.39 is 0 Å². The molecule has 0 saturated carbocycles. The van der Waals surface area contributed by atoms with E-state index in [4.69, 9.17) is 27.9 Å². The monoisotopic (exact) mass is 448 g/mol. The average molecular weight is 449 g/mol. The summed E-state index contributed by atoms with van der Waals surface area (Å²) in [5, 5.41) is 0.840. The van der Waals surface area contributed by atoms with Crippen LogP contribution in [0.4, 0.5) is 0 Å². The summed E-state index contributed by atoms with van der Waals surface area (Å²) in [4.78, 5) is 29.1. The number of nitrogens with zero attached hydrogens (tertiary/aromatic N) is 2. The van der Waals surface area contributed by atoms with Crippen LogP contribution >= 0.6 is 23.2 Å². The molecule has 7 heteroatoms. The van der Waals surface area contributed by atoms with Crippen molar-refractivity contribution >= 4 is 35.0 Å². The molecule has 1 heterocycles. The van der Waals surface area contributed by atoms with Crippen molar-refractivity contribution in [3.05, 3.63) is 62.6 Å². The minimum atomic E-state index is -0.168. The smallest absolute Gasteiger partial charge is 0.260 e. The van der Waals surface area contributed by atoms with Crippen LogP contribution in [0, 0.1) is 20.8 Å². The molecule has 1 aliphatic heterocycles. The van der Waals surface area contributed by atoms with Gasteiger partial charge in [0, 0.05) is 31.2 Å². The molecule has 0 N–H and O–H groups in total. The van der Waals surface area contributed by atoms with Gasteiger partial charge in [0.15, 0.2) is 6.61 Å². The van der Waals surface area contributed by atoms with Crippen LogP contribution in [0.3, 0.4) is 0 Å². The number of aryl methyl sites for hydroxylation is 2. The fourth-order valence-electron chi connectivity index (χ4n) is 3.57. The minimum Gasteiger partial charge on any atom is -0.483 e. The van der Waals surface area contributed by atoms with Gasteiger partial charge in [-0.1, -0.05) is 35.3 Å². The fourth-order valence-corrected chi connectivity index (χ4v) is 3.94. The summed E-state index contributed by atoms with van der Waals surface area (Å²) in [6.07, 6.45) is 0.693. The van der Waals surface area contributed by atoms with E-state index in [-0.39, 0.29) is 18.4 Å². The van der Waals surface area contributed by atoms with Gasteiger partial charge in [-0.25, -0.2) is 0 Å². The van der Waals surface area contributed by atoms with Crippen molar-refractivity contribution in [1.82, 2.24) is 9.80 Å². The Balaban J connectivity index is 1.61. The van der Waals surface area contributed by atoms with Crippen LogP contribution < -0.4 is 4.74 Å². The van der Waals surface area contributed by atoms with Gasteiger partial charge in [-0.3, -0.25) is 9.59 Å². The molecule has 30 heavy (non-hydrogen) atoms. The van der Waals surface area contributed by atoms with Crippen molar-refractivity contribution < 1.29 is 14.3 Å². The first kappa shape index (κ1) is 22.4. The SMILES string of the molecule is Cc1ccc(C)c(OCC(=O)N2CCCN(C(=O)c3cc(Cl)ccc3Cl)CC2)c1C. The topological polar surface area (TPSA) is 49.9 Å². The van der Waals surface area contributed by atoms with Gasteiger partial charge in [0.05, 0.1) is 10.6 Å². The van der Waals surface area contributed by atoms with E-state index in [1.54, 1.807) is 28.0 Å². The molecule has 0 unspecified atom stereocenters. The van der Waals surface area contributed by atoms with Crippen molar-refractivity contribution in [3.8, 4) is 5.75 Å². The number of rotatable bonds is 4. The van der Waals surface area contributed by atoms with Crippen LogP contribution in [0.2, 0.25) is 10.0 Å². The Morgan fingerprint density at radius 3 is 2.37 bits per heavy atom. The maximum Gasteiger partial charge on any atom is 0.260 e. The molecule has 0 atom stereocenters. The molecule has 2 aromatic carbocycles. The Labute approximate surface area is 187 Å². The largest absolute Gasteiger partial charge is 0.483 e. The summed E-state index contributed by atoms with van der Waals surface area (Å²) in [7, 11) is 0. The molecule has 0 radical (unpaired) electrons. The van der Waals surface area contributed by atoms with E-state index >= 15 is 0 Å². The molecule has 1 saturated heterocycles. The average Bonchev–Trinajstić information content (AvgIpc) is 2.98. The van der Waals surface area contributed by atoms with Crippen molar-refractivity contribution in [2.75, 3.05) is 32.8 Å². The van der Waals surface area contributed by atoms with Gasteiger partial charge in [-0.15, -0.1) is 0 Å². The number of amides is 2. The Morgan fingerprint density at radius 2 is 1.60 bits per heavy atom. The van der Waals surface area contributed by atoms with Crippen LogP contribution in [0.25, 0.3) is 0 Å². The molecular formula is C23H26Cl2N2O3. The normalized spacial score (nSPS) is 14.4. The second kappa shape index (κ2) is 9.71. The number of carbonyl (C=O) groups excluding carboxylic acids is 2. The first-order valence-corrected chi connectivity index (χ1v) is 10.7. The van der Waals surface area contributed by atoms with Gasteiger partial charge < -0.3 is 14.5 Å². The van der Waals surface area contributed by atoms with E-state index in [2.05, 4.69) is 0 Å². The quantitative estimate of drug-likeness (QED) is 0.682. The lowest BCUT2D eigenvalue weighted by molar-refractivity contribution is -0.133. The highest BCUT2D eigenvalue weighted by molar-refractivity contribution is 6.35. The molecule has 2 amide bonds. The summed E-state index contributed by atoms with van der Waals surface area (Å²) in [6.45, 7) is 8.02. The predicted molar refractivity (Wildman–Crippen MR) is 120 cm³/mol. The molecule has 160 valence electrons. The highest BCUT2D eigenvalue weighted by Crippen LogP contribution is 2.26. The number of hydrogen-bond donors (Lipinski definition) is 0. The lowest BCUT2D eigenvalue weighted by Crippen LogP contribution is -2.39. The third-order valence-corrected chi connectivity index (χ3v) is 6.07. The molecule has 0 aromatic heterocycles. The van der Waals surface area contributed by atoms with Crippen LogP contribution in [-0.4, -0.2) is 54.4 Å². The third kappa shape index (κ3) is 5.08. The van der Waals surface area contributed by atoms with Crippen LogP contribution in [0.15, 0.2) is 30.3 Å². The maximum absolute atomic E-state index is 12.9. The van der Waals surface area contributed by atoms with Gasteiger partial charge in [0.1, 0.15) is 5.75 Å². The first-order chi connectivity index (χ1) is 14.3. The highest BCUT2D eigenvalue weighted by Gasteiger charge is 2.24. The zero-order valence-electron chi connectivity index (χ0n) is 17.5. The van der Waals surface area contributed by atoms with E-state index in [1.807, 2.05) is 32.9 Å². The number of benzene rings is 2. The van der Waals surface area contributed by atoms with E-state index in [1.165, 1.54) is 0 Å². The summed E-state index contributed by atoms with van der Waals surface area (Å²) < 4.78 is 5.87. The Kier molecular flexibility index (Phi) is 7.27. The summed E-state index contributed by atoms with van der Waals surface area (Å²) in [5.74, 6) is 0.523. The molecule has 0 bridgehead atoms. The summed E-state index contributed by atoms with van der Waals surface area (Å²) in [6, 6.07) is 8.91. The van der Waals surface area contributed by atoms with Crippen LogP contribution in [0.1, 0.15) is 33.5 Å². The fraction of sp³-hybridized carbons (Fsp3) is 0.391. The first-order valence-electron chi connectivity index (χ1n) is 9.99. The molecule has 1 fully saturated rings. The molecule has 5 nitrogen and oxygen atoms in total. The lowest BCUT2D eigenvalue weighted by Gasteiger charge is -2.23. The second-order valence-corrected chi connectivity index (χ2v) is 8.44. The number of halogens is 2. The maximum atomic E-state index is 12.9. The van der Waals surface area contributed by atoms with Crippen molar-refractivity contribution in [2.24, 2.45) is 0 Å². The van der Waals surface area contributed by atoms with Crippen LogP contribution in [0.5, 0.6) is 5.75 Å². The van der Waals surface area contributed by atoms with Gasteiger partial charge in [-0.05, 0) is 62.1 Å². The molecule has 2 aromatic rings. The summed E-state index contributed by atoms with van der Waals surface area (Å²) >= 11 is 12.2. The minimum absolute atomic E-state index is 0.0147. The lowest BCUT2D eigenvalue weighted by atomic mass is 10.1. The van der Waals surface area contributed by atoms with E-state index in [0.717, 1.165) is 22.4 Å². The van der Waals surface area contributed by atoms with Crippen molar-refractivity contribution in [2.45, 2.75) is 27.2 Å². The Bertz CT molecular complexity index is 962. The molecule has 0 aliphatic carbocycles. The zero-order chi connectivity index (χ0) is 21.8. The zero-order valence-corrected chi connectivity index (χ0v) is 19.0. The standard InChI is InChI=1S/C23H26Cl2N2O3/c1-15-5-6-16(2)22(17(15)3)30-14-21(28)26-9-4-10-27(12-11-26)23(29)19-13-18(24)7-8-20(19)25/h5-8,13H,4,9-12,14H2,1-3H3. The predicted octanol–water partition coefficient (Wildman–Crippen LogP) is 4.67. The Morgan fingerprint density at radius 1 is 0.933 bits per heavy atom. The van der Waals surface area contributed by atoms with Gasteiger partial charge in [0.2, 0.25) is 0 Å². The van der Waals surface area contributed by atoms with Gasteiger partial charge >= 0.3 is 0 Å².